The van der Waals surface area contributed by atoms with Crippen LogP contribution >= 0.6 is 11.8 Å². The van der Waals surface area contributed by atoms with Gasteiger partial charge in [0.05, 0.1) is 17.9 Å². The maximum absolute atomic E-state index is 12.0. The van der Waals surface area contributed by atoms with Gasteiger partial charge in [0, 0.05) is 12.7 Å². The Balaban J connectivity index is 1.82. The Morgan fingerprint density at radius 1 is 1.24 bits per heavy atom. The number of thioether (sulfide) groups is 1. The Morgan fingerprint density at radius 2 is 1.96 bits per heavy atom. The first kappa shape index (κ1) is 19.0. The summed E-state index contributed by atoms with van der Waals surface area (Å²) in [7, 11) is 1.86. The maximum atomic E-state index is 12.0. The van der Waals surface area contributed by atoms with E-state index in [2.05, 4.69) is 15.5 Å². The average Bonchev–Trinajstić information content (AvgIpc) is 2.92. The summed E-state index contributed by atoms with van der Waals surface area (Å²) in [5.41, 5.74) is 1.10. The molecule has 1 heterocycles. The number of anilines is 1. The molecule has 2 aromatic rings. The minimum atomic E-state index is -0.348. The third-order valence-electron chi connectivity index (χ3n) is 3.52. The zero-order chi connectivity index (χ0) is 18.2. The molecule has 25 heavy (non-hydrogen) atoms. The number of nitrogens with zero attached hydrogens (tertiary/aromatic N) is 3. The van der Waals surface area contributed by atoms with E-state index in [9.17, 15) is 9.59 Å². The van der Waals surface area contributed by atoms with Gasteiger partial charge in [-0.3, -0.25) is 4.79 Å². The molecule has 0 atom stereocenters. The highest BCUT2D eigenvalue weighted by molar-refractivity contribution is 7.99. The summed E-state index contributed by atoms with van der Waals surface area (Å²) in [6.45, 7) is 4.31. The Hall–Kier alpha value is -2.35. The van der Waals surface area contributed by atoms with E-state index in [-0.39, 0.29) is 17.6 Å². The summed E-state index contributed by atoms with van der Waals surface area (Å²) in [6.07, 6.45) is 1.83. The summed E-state index contributed by atoms with van der Waals surface area (Å²) in [5.74, 6) is 0.528. The molecule has 0 spiro atoms. The van der Waals surface area contributed by atoms with E-state index in [0.717, 1.165) is 18.7 Å². The molecule has 0 bridgehead atoms. The zero-order valence-electron chi connectivity index (χ0n) is 14.6. The van der Waals surface area contributed by atoms with Gasteiger partial charge < -0.3 is 14.6 Å². The zero-order valence-corrected chi connectivity index (χ0v) is 15.4. The SMILES string of the molecule is CCCCOC(=O)c1ccc(NC(=O)CSc2nnc(C)n2C)cc1. The Labute approximate surface area is 151 Å². The summed E-state index contributed by atoms with van der Waals surface area (Å²) < 4.78 is 6.98. The molecular formula is C17H22N4O3S. The van der Waals surface area contributed by atoms with E-state index in [1.807, 2.05) is 25.5 Å². The second kappa shape index (κ2) is 9.22. The Kier molecular flexibility index (Phi) is 7.00. The summed E-state index contributed by atoms with van der Waals surface area (Å²) in [6, 6.07) is 6.66. The molecular weight excluding hydrogens is 340 g/mol. The monoisotopic (exact) mass is 362 g/mol. The first-order valence-corrected chi connectivity index (χ1v) is 9.05. The molecule has 0 aliphatic rings. The van der Waals surface area contributed by atoms with Crippen molar-refractivity contribution >= 4 is 29.3 Å². The maximum Gasteiger partial charge on any atom is 0.338 e. The lowest BCUT2D eigenvalue weighted by atomic mass is 10.2. The van der Waals surface area contributed by atoms with Crippen LogP contribution in [0.5, 0.6) is 0 Å². The molecule has 0 unspecified atom stereocenters. The number of carbonyl (C=O) groups excluding carboxylic acids is 2. The lowest BCUT2D eigenvalue weighted by Gasteiger charge is -2.07. The van der Waals surface area contributed by atoms with Gasteiger partial charge in [-0.25, -0.2) is 4.79 Å². The quantitative estimate of drug-likeness (QED) is 0.441. The predicted octanol–water partition coefficient (Wildman–Crippen LogP) is 2.81. The predicted molar refractivity (Wildman–Crippen MR) is 96.7 cm³/mol. The third kappa shape index (κ3) is 5.60. The highest BCUT2D eigenvalue weighted by Crippen LogP contribution is 2.16. The first-order valence-electron chi connectivity index (χ1n) is 8.07. The number of hydrogen-bond acceptors (Lipinski definition) is 6. The van der Waals surface area contributed by atoms with Gasteiger partial charge in [0.25, 0.3) is 0 Å². The van der Waals surface area contributed by atoms with E-state index < -0.39 is 0 Å². The number of ether oxygens (including phenoxy) is 1. The van der Waals surface area contributed by atoms with Crippen molar-refractivity contribution < 1.29 is 14.3 Å². The van der Waals surface area contributed by atoms with E-state index >= 15 is 0 Å². The van der Waals surface area contributed by atoms with Gasteiger partial charge in [0.15, 0.2) is 5.16 Å². The lowest BCUT2D eigenvalue weighted by Crippen LogP contribution is -2.14. The second-order valence-corrected chi connectivity index (χ2v) is 6.43. The minimum absolute atomic E-state index is 0.149. The highest BCUT2D eigenvalue weighted by atomic mass is 32.2. The molecule has 2 rings (SSSR count). The number of carbonyl (C=O) groups is 2. The van der Waals surface area contributed by atoms with Crippen LogP contribution in [-0.4, -0.2) is 39.0 Å². The molecule has 1 aromatic heterocycles. The standard InChI is InChI=1S/C17H22N4O3S/c1-4-5-10-24-16(23)13-6-8-14(9-7-13)18-15(22)11-25-17-20-19-12(2)21(17)3/h6-9H,4-5,10-11H2,1-3H3,(H,18,22). The van der Waals surface area contributed by atoms with Crippen LogP contribution in [0.1, 0.15) is 35.9 Å². The van der Waals surface area contributed by atoms with Crippen molar-refractivity contribution in [2.75, 3.05) is 17.7 Å². The van der Waals surface area contributed by atoms with Crippen LogP contribution in [0.4, 0.5) is 5.69 Å². The van der Waals surface area contributed by atoms with Gasteiger partial charge >= 0.3 is 5.97 Å². The number of unbranched alkanes of at least 4 members (excludes halogenated alkanes) is 1. The van der Waals surface area contributed by atoms with Crippen LogP contribution in [0.15, 0.2) is 29.4 Å². The summed E-state index contributed by atoms with van der Waals surface area (Å²) >= 11 is 1.32. The van der Waals surface area contributed by atoms with Crippen LogP contribution in [0.3, 0.4) is 0 Å². The van der Waals surface area contributed by atoms with Crippen LogP contribution in [-0.2, 0) is 16.6 Å². The molecule has 8 heteroatoms. The van der Waals surface area contributed by atoms with E-state index in [4.69, 9.17) is 4.74 Å². The van der Waals surface area contributed by atoms with Crippen molar-refractivity contribution in [2.24, 2.45) is 7.05 Å². The number of hydrogen-bond donors (Lipinski definition) is 1. The van der Waals surface area contributed by atoms with Crippen molar-refractivity contribution in [3.8, 4) is 0 Å². The molecule has 0 aliphatic carbocycles. The molecule has 1 N–H and O–H groups in total. The molecule has 7 nitrogen and oxygen atoms in total. The smallest absolute Gasteiger partial charge is 0.338 e. The molecule has 1 amide bonds. The number of rotatable bonds is 8. The summed E-state index contributed by atoms with van der Waals surface area (Å²) in [4.78, 5) is 23.8. The molecule has 0 saturated heterocycles. The number of benzene rings is 1. The number of aromatic nitrogens is 3. The lowest BCUT2D eigenvalue weighted by molar-refractivity contribution is -0.113. The average molecular weight is 362 g/mol. The largest absolute Gasteiger partial charge is 0.462 e. The van der Waals surface area contributed by atoms with Gasteiger partial charge in [-0.2, -0.15) is 0 Å². The van der Waals surface area contributed by atoms with E-state index in [1.165, 1.54) is 11.8 Å². The van der Waals surface area contributed by atoms with Crippen molar-refractivity contribution in [3.05, 3.63) is 35.7 Å². The highest BCUT2D eigenvalue weighted by Gasteiger charge is 2.10. The van der Waals surface area contributed by atoms with Crippen LogP contribution in [0.25, 0.3) is 0 Å². The normalized spacial score (nSPS) is 10.5. The molecule has 0 radical (unpaired) electrons. The van der Waals surface area contributed by atoms with Gasteiger partial charge in [-0.1, -0.05) is 25.1 Å². The number of amides is 1. The molecule has 134 valence electrons. The minimum Gasteiger partial charge on any atom is -0.462 e. The molecule has 1 aromatic carbocycles. The van der Waals surface area contributed by atoms with Crippen molar-refractivity contribution in [1.29, 1.82) is 0 Å². The fraction of sp³-hybridized carbons (Fsp3) is 0.412. The van der Waals surface area contributed by atoms with Gasteiger partial charge in [0.1, 0.15) is 5.82 Å². The van der Waals surface area contributed by atoms with Crippen molar-refractivity contribution in [3.63, 3.8) is 0 Å². The number of nitrogens with one attached hydrogen (secondary N) is 1. The second-order valence-electron chi connectivity index (χ2n) is 5.49. The fourth-order valence-electron chi connectivity index (χ4n) is 1.92. The van der Waals surface area contributed by atoms with Crippen LogP contribution < -0.4 is 5.32 Å². The van der Waals surface area contributed by atoms with Gasteiger partial charge in [-0.15, -0.1) is 10.2 Å². The van der Waals surface area contributed by atoms with Crippen LogP contribution in [0, 0.1) is 6.92 Å². The van der Waals surface area contributed by atoms with Gasteiger partial charge in [-0.05, 0) is 37.6 Å². The Morgan fingerprint density at radius 3 is 2.56 bits per heavy atom. The van der Waals surface area contributed by atoms with Crippen molar-refractivity contribution in [2.45, 2.75) is 31.8 Å². The topological polar surface area (TPSA) is 86.1 Å². The van der Waals surface area contributed by atoms with Crippen LogP contribution in [0.2, 0.25) is 0 Å². The summed E-state index contributed by atoms with van der Waals surface area (Å²) in [5, 5.41) is 11.4. The molecule has 0 fully saturated rings. The van der Waals surface area contributed by atoms with Gasteiger partial charge in [0.2, 0.25) is 5.91 Å². The molecule has 0 saturated carbocycles. The van der Waals surface area contributed by atoms with E-state index in [1.54, 1.807) is 24.3 Å². The number of esters is 1. The first-order chi connectivity index (χ1) is 12.0. The fourth-order valence-corrected chi connectivity index (χ4v) is 2.68. The van der Waals surface area contributed by atoms with Crippen molar-refractivity contribution in [1.82, 2.24) is 14.8 Å². The van der Waals surface area contributed by atoms with E-state index in [0.29, 0.717) is 23.0 Å². The third-order valence-corrected chi connectivity index (χ3v) is 4.54. The molecule has 0 aliphatic heterocycles. The number of aryl methyl sites for hydroxylation is 1. The Bertz CT molecular complexity index is 728.